The van der Waals surface area contributed by atoms with Crippen molar-refractivity contribution in [3.8, 4) is 45.3 Å². The van der Waals surface area contributed by atoms with Gasteiger partial charge < -0.3 is 9.67 Å². The topological polar surface area (TPSA) is 50.9 Å². The molecule has 0 amide bonds. The molecule has 6 aromatic carbocycles. The molecule has 2 aromatic heterocycles. The van der Waals surface area contributed by atoms with Gasteiger partial charge in [-0.05, 0) is 86.7 Å². The molecule has 8 aromatic rings. The van der Waals surface area contributed by atoms with Crippen molar-refractivity contribution in [1.82, 2.24) is 14.5 Å². The van der Waals surface area contributed by atoms with Crippen molar-refractivity contribution in [3.63, 3.8) is 0 Å². The molecule has 11 rings (SSSR count). The molecular weight excluding hydrogens is 854 g/mol. The van der Waals surface area contributed by atoms with E-state index in [9.17, 15) is 5.11 Å². The average molecular weight is 894 g/mol. The summed E-state index contributed by atoms with van der Waals surface area (Å²) < 4.78 is 2.37. The molecule has 4 nitrogen and oxygen atoms in total. The molecule has 0 spiro atoms. The Morgan fingerprint density at radius 2 is 1.15 bits per heavy atom. The van der Waals surface area contributed by atoms with Crippen molar-refractivity contribution in [2.45, 2.75) is 51.4 Å². The van der Waals surface area contributed by atoms with Gasteiger partial charge in [-0.1, -0.05) is 130 Å². The number of rotatable bonds is 6. The van der Waals surface area contributed by atoms with E-state index in [2.05, 4.69) is 154 Å². The number of nitrogens with zero attached hydrogens (tertiary/aromatic N) is 3. The van der Waals surface area contributed by atoms with Gasteiger partial charge in [0.1, 0.15) is 5.75 Å². The van der Waals surface area contributed by atoms with Gasteiger partial charge in [0.15, 0.2) is 0 Å². The maximum atomic E-state index is 11.1. The molecule has 272 valence electrons. The molecule has 0 unspecified atom stereocenters. The van der Waals surface area contributed by atoms with E-state index >= 15 is 0 Å². The van der Waals surface area contributed by atoms with Crippen LogP contribution in [0.1, 0.15) is 95.9 Å². The van der Waals surface area contributed by atoms with E-state index in [-0.39, 0.29) is 38.7 Å². The van der Waals surface area contributed by atoms with Crippen molar-refractivity contribution >= 4 is 11.0 Å². The van der Waals surface area contributed by atoms with Crippen LogP contribution in [0, 0.1) is 6.07 Å². The van der Waals surface area contributed by atoms with Crippen LogP contribution in [-0.2, 0) is 21.1 Å². The van der Waals surface area contributed by atoms with Crippen molar-refractivity contribution in [3.05, 3.63) is 190 Å². The molecule has 55 heavy (non-hydrogen) atoms. The molecule has 1 N–H and O–H groups in total. The molecule has 0 saturated heterocycles. The minimum absolute atomic E-state index is 0. The number of pyridine rings is 1. The van der Waals surface area contributed by atoms with Gasteiger partial charge in [-0.25, -0.2) is 0 Å². The van der Waals surface area contributed by atoms with E-state index in [1.54, 1.807) is 6.07 Å². The SMILES string of the molecule is CC(C)c1cccc(C(C)C)c1-n1c(-c2[c-]c(-c3nc(-c4ccccc4O)cc4c3C3c5ccccc5C4c4ccccc43)ccc2)nc2ccccc21.[Pt]. The van der Waals surface area contributed by atoms with Crippen molar-refractivity contribution in [1.29, 1.82) is 0 Å². The Bertz CT molecular complexity index is 2700. The van der Waals surface area contributed by atoms with Crippen LogP contribution in [0.2, 0.25) is 0 Å². The van der Waals surface area contributed by atoms with Crippen LogP contribution >= 0.6 is 0 Å². The van der Waals surface area contributed by atoms with Gasteiger partial charge in [0.2, 0.25) is 0 Å². The van der Waals surface area contributed by atoms with Gasteiger partial charge in [0.25, 0.3) is 0 Å². The zero-order chi connectivity index (χ0) is 36.7. The van der Waals surface area contributed by atoms with Crippen molar-refractivity contribution in [2.75, 3.05) is 0 Å². The second-order valence-electron chi connectivity index (χ2n) is 15.3. The molecule has 0 radical (unpaired) electrons. The van der Waals surface area contributed by atoms with Gasteiger partial charge >= 0.3 is 0 Å². The first-order valence-corrected chi connectivity index (χ1v) is 19.0. The van der Waals surface area contributed by atoms with Crippen LogP contribution in [0.25, 0.3) is 50.6 Å². The number of hydrogen-bond donors (Lipinski definition) is 1. The molecule has 0 saturated carbocycles. The average Bonchev–Trinajstić information content (AvgIpc) is 3.59. The number of phenols is 1. The Labute approximate surface area is 336 Å². The third-order valence-corrected chi connectivity index (χ3v) is 11.5. The number of para-hydroxylation sites is 4. The Morgan fingerprint density at radius 1 is 0.582 bits per heavy atom. The van der Waals surface area contributed by atoms with E-state index in [1.165, 1.54) is 50.2 Å². The molecule has 0 aliphatic heterocycles. The van der Waals surface area contributed by atoms with Crippen LogP contribution in [0.15, 0.2) is 140 Å². The number of imidazole rings is 1. The summed E-state index contributed by atoms with van der Waals surface area (Å²) in [5.41, 5.74) is 17.8. The van der Waals surface area contributed by atoms with Crippen LogP contribution in [0.5, 0.6) is 5.75 Å². The number of benzene rings is 6. The van der Waals surface area contributed by atoms with Gasteiger partial charge in [-0.2, -0.15) is 0 Å². The van der Waals surface area contributed by atoms with E-state index in [0.29, 0.717) is 17.4 Å². The smallest absolute Gasteiger partial charge is 0.124 e. The summed E-state index contributed by atoms with van der Waals surface area (Å²) >= 11 is 0. The predicted octanol–water partition coefficient (Wildman–Crippen LogP) is 12.2. The third kappa shape index (κ3) is 5.45. The third-order valence-electron chi connectivity index (χ3n) is 11.5. The van der Waals surface area contributed by atoms with Crippen molar-refractivity contribution < 1.29 is 26.2 Å². The molecule has 3 aliphatic carbocycles. The quantitative estimate of drug-likeness (QED) is 0.169. The van der Waals surface area contributed by atoms with Gasteiger partial charge in [0, 0.05) is 49.8 Å². The summed E-state index contributed by atoms with van der Waals surface area (Å²) in [5, 5.41) is 11.1. The normalized spacial score (nSPS) is 15.2. The fraction of sp³-hybridized carbons (Fsp3) is 0.160. The molecule has 3 aliphatic rings. The Balaban J connectivity index is 0.00000397. The number of hydrogen-bond acceptors (Lipinski definition) is 3. The first-order chi connectivity index (χ1) is 26.4. The molecular formula is C50H40N3OPt-. The molecule has 2 heterocycles. The van der Waals surface area contributed by atoms with Gasteiger partial charge in [-0.3, -0.25) is 9.97 Å². The fourth-order valence-electron chi connectivity index (χ4n) is 9.15. The zero-order valence-electron chi connectivity index (χ0n) is 31.2. The first-order valence-electron chi connectivity index (χ1n) is 19.0. The summed E-state index contributed by atoms with van der Waals surface area (Å²) in [4.78, 5) is 10.8. The summed E-state index contributed by atoms with van der Waals surface area (Å²) in [7, 11) is 0. The van der Waals surface area contributed by atoms with Crippen LogP contribution in [0.4, 0.5) is 0 Å². The summed E-state index contributed by atoms with van der Waals surface area (Å²) in [6.45, 7) is 9.07. The minimum Gasteiger partial charge on any atom is -0.507 e. The predicted molar refractivity (Wildman–Crippen MR) is 219 cm³/mol. The Hall–Kier alpha value is -5.57. The maximum Gasteiger partial charge on any atom is 0.124 e. The second kappa shape index (κ2) is 13.6. The van der Waals surface area contributed by atoms with Crippen LogP contribution in [0.3, 0.4) is 0 Å². The first kappa shape index (κ1) is 35.1. The molecule has 0 atom stereocenters. The summed E-state index contributed by atoms with van der Waals surface area (Å²) in [6.07, 6.45) is 0. The van der Waals surface area contributed by atoms with E-state index < -0.39 is 0 Å². The van der Waals surface area contributed by atoms with Gasteiger partial charge in [-0.15, -0.1) is 24.3 Å². The molecule has 0 fully saturated rings. The van der Waals surface area contributed by atoms with Crippen molar-refractivity contribution in [2.24, 2.45) is 0 Å². The number of phenolic OH excluding ortho intramolecular Hbond substituents is 1. The summed E-state index contributed by atoms with van der Waals surface area (Å²) in [6, 6.07) is 52.9. The number of fused-ring (bicyclic) bond motifs is 1. The Morgan fingerprint density at radius 3 is 1.80 bits per heavy atom. The largest absolute Gasteiger partial charge is 0.507 e. The standard InChI is InChI=1S/C50H40N3O.Pt/c1-29(2)33-22-14-23-34(30(3)4)49(33)53-43-25-11-10-24-41(43)52-50(53)32-16-13-15-31(27-32)48-47-40(28-42(51-48)39-21-9-12-26-44(39)54)45-35-17-5-7-19-37(35)46(47)38-20-8-6-18-36(38)45;/h5-26,28-30,45-46,54H,1-4H3;/q-1;. The monoisotopic (exact) mass is 893 g/mol. The molecule has 5 heteroatoms. The van der Waals surface area contributed by atoms with Gasteiger partial charge in [0.05, 0.1) is 22.6 Å². The molecule has 2 bridgehead atoms. The van der Waals surface area contributed by atoms with Crippen LogP contribution in [-0.4, -0.2) is 19.6 Å². The van der Waals surface area contributed by atoms with E-state index in [4.69, 9.17) is 9.97 Å². The number of aromatic hydroxyl groups is 1. The summed E-state index contributed by atoms with van der Waals surface area (Å²) in [5.74, 6) is 1.78. The fourth-order valence-corrected chi connectivity index (χ4v) is 9.15. The maximum absolute atomic E-state index is 11.1. The van der Waals surface area contributed by atoms with E-state index in [0.717, 1.165) is 39.4 Å². The zero-order valence-corrected chi connectivity index (χ0v) is 33.5. The second-order valence-corrected chi connectivity index (χ2v) is 15.3. The van der Waals surface area contributed by atoms with E-state index in [1.807, 2.05) is 18.2 Å². The minimum atomic E-state index is 0. The number of aromatic nitrogens is 3. The Kier molecular flexibility index (Phi) is 8.71. The van der Waals surface area contributed by atoms with Crippen LogP contribution < -0.4 is 0 Å².